The van der Waals surface area contributed by atoms with Gasteiger partial charge in [0.1, 0.15) is 12.2 Å². The Labute approximate surface area is 285 Å². The zero-order valence-electron chi connectivity index (χ0n) is 26.0. The van der Waals surface area contributed by atoms with Gasteiger partial charge in [0.05, 0.1) is 44.9 Å². The molecule has 49 heavy (non-hydrogen) atoms. The first kappa shape index (κ1) is 37.7. The van der Waals surface area contributed by atoms with E-state index in [2.05, 4.69) is 20.0 Å². The van der Waals surface area contributed by atoms with E-state index in [1.54, 1.807) is 24.4 Å². The first-order chi connectivity index (χ1) is 23.0. The fraction of sp³-hybridized carbons (Fsp3) is 0.345. The van der Waals surface area contributed by atoms with Crippen LogP contribution in [0.5, 0.6) is 0 Å². The maximum atomic E-state index is 14.1. The van der Waals surface area contributed by atoms with Gasteiger partial charge in [0.2, 0.25) is 10.0 Å². The summed E-state index contributed by atoms with van der Waals surface area (Å²) in [6, 6.07) is 9.63. The van der Waals surface area contributed by atoms with Crippen molar-refractivity contribution in [2.45, 2.75) is 67.4 Å². The topological polar surface area (TPSA) is 245 Å². The molecule has 0 radical (unpaired) electrons. The molecule has 0 bridgehead atoms. The van der Waals surface area contributed by atoms with Crippen molar-refractivity contribution in [3.05, 3.63) is 76.2 Å². The number of hydrogen-bond donors (Lipinski definition) is 6. The van der Waals surface area contributed by atoms with E-state index in [1.165, 1.54) is 19.1 Å². The number of fused-ring (bicyclic) bond motifs is 1. The quantitative estimate of drug-likeness (QED) is 0.129. The lowest BCUT2D eigenvalue weighted by Crippen LogP contribution is -2.36. The molecule has 266 valence electrons. The Morgan fingerprint density at radius 2 is 1.80 bits per heavy atom. The van der Waals surface area contributed by atoms with E-state index in [-0.39, 0.29) is 16.4 Å². The number of amides is 1. The third-order valence-electron chi connectivity index (χ3n) is 7.23. The number of ether oxygens (including phenoxy) is 2. The molecule has 0 spiro atoms. The molecule has 2 aromatic carbocycles. The Hall–Kier alpha value is -4.11. The smallest absolute Gasteiger partial charge is 0.412 e. The number of aromatic amines is 1. The largest absolute Gasteiger partial charge is 0.449 e. The van der Waals surface area contributed by atoms with Crippen LogP contribution in [0, 0.1) is 5.82 Å². The Bertz CT molecular complexity index is 2080. The van der Waals surface area contributed by atoms with Crippen LogP contribution >= 0.6 is 11.6 Å². The summed E-state index contributed by atoms with van der Waals surface area (Å²) in [5.74, 6) is -1.59. The highest BCUT2D eigenvalue weighted by molar-refractivity contribution is 7.92. The number of aliphatic hydroxyl groups is 2. The first-order valence-corrected chi connectivity index (χ1v) is 18.1. The van der Waals surface area contributed by atoms with Gasteiger partial charge in [0, 0.05) is 11.6 Å². The molecular formula is C29H34ClFN6O10S2. The fourth-order valence-electron chi connectivity index (χ4n) is 4.64. The number of H-pyrrole nitrogens is 1. The summed E-state index contributed by atoms with van der Waals surface area (Å²) in [5.41, 5.74) is -0.0739. The second kappa shape index (κ2) is 15.6. The lowest BCUT2D eigenvalue weighted by Gasteiger charge is -2.17. The minimum atomic E-state index is -3.91. The second-order valence-electron chi connectivity index (χ2n) is 10.8. The maximum absolute atomic E-state index is 14.1. The lowest BCUT2D eigenvalue weighted by molar-refractivity contribution is -0.0355. The number of rotatable bonds is 10. The van der Waals surface area contributed by atoms with Crippen LogP contribution in [-0.2, 0) is 29.5 Å². The number of aromatic nitrogens is 3. The van der Waals surface area contributed by atoms with Crippen molar-refractivity contribution < 1.29 is 45.7 Å². The van der Waals surface area contributed by atoms with Crippen LogP contribution < -0.4 is 20.9 Å². The van der Waals surface area contributed by atoms with Crippen LogP contribution in [0.2, 0.25) is 5.02 Å². The predicted molar refractivity (Wildman–Crippen MR) is 176 cm³/mol. The van der Waals surface area contributed by atoms with Crippen LogP contribution in [-0.4, -0.2) is 72.6 Å². The lowest BCUT2D eigenvalue weighted by atomic mass is 10.1. The molecule has 1 amide bonds. The van der Waals surface area contributed by atoms with Gasteiger partial charge in [-0.15, -0.1) is 0 Å². The number of para-hydroxylation sites is 1. The Morgan fingerprint density at radius 1 is 1.12 bits per heavy atom. The van der Waals surface area contributed by atoms with Crippen LogP contribution in [0.1, 0.15) is 39.3 Å². The zero-order valence-corrected chi connectivity index (χ0v) is 28.4. The second-order valence-corrected chi connectivity index (χ2v) is 14.4. The molecule has 4 atom stereocenters. The molecule has 0 saturated carbocycles. The molecule has 5 rings (SSSR count). The summed E-state index contributed by atoms with van der Waals surface area (Å²) in [6.45, 7) is 3.68. The molecule has 1 aliphatic heterocycles. The maximum Gasteiger partial charge on any atom is 0.412 e. The van der Waals surface area contributed by atoms with Crippen LogP contribution in [0.3, 0.4) is 0 Å². The van der Waals surface area contributed by atoms with E-state index < -0.39 is 68.0 Å². The number of nitrogens with one attached hydrogen (secondary N) is 3. The number of carbonyl (C=O) groups excluding carboxylic acids is 1. The number of hydrogen-bond acceptors (Lipinski definition) is 11. The molecule has 0 unspecified atom stereocenters. The van der Waals surface area contributed by atoms with Gasteiger partial charge in [0.15, 0.2) is 17.9 Å². The van der Waals surface area contributed by atoms with Crippen molar-refractivity contribution >= 4 is 60.1 Å². The van der Waals surface area contributed by atoms with Gasteiger partial charge in [-0.25, -0.2) is 36.0 Å². The molecule has 7 N–H and O–H groups in total. The number of unbranched alkanes of at least 4 members (excludes halogenated alkanes) is 2. The van der Waals surface area contributed by atoms with Gasteiger partial charge in [-0.05, 0) is 43.7 Å². The van der Waals surface area contributed by atoms with Gasteiger partial charge in [-0.2, -0.15) is 4.98 Å². The van der Waals surface area contributed by atoms with Crippen molar-refractivity contribution in [3.63, 3.8) is 0 Å². The first-order valence-electron chi connectivity index (χ1n) is 14.7. The highest BCUT2D eigenvalue weighted by atomic mass is 35.5. The molecule has 16 nitrogen and oxygen atoms in total. The van der Waals surface area contributed by atoms with Crippen molar-refractivity contribution in [1.82, 2.24) is 14.5 Å². The van der Waals surface area contributed by atoms with Crippen LogP contribution in [0.15, 0.2) is 69.4 Å². The van der Waals surface area contributed by atoms with E-state index in [4.69, 9.17) is 26.2 Å². The zero-order chi connectivity index (χ0) is 36.1. The van der Waals surface area contributed by atoms with Crippen LogP contribution in [0.4, 0.5) is 20.7 Å². The minimum Gasteiger partial charge on any atom is -0.449 e. The number of anilines is 2. The number of nitrogens with zero attached hydrogens (tertiary/aromatic N) is 2. The molecule has 0 aliphatic carbocycles. The fourth-order valence-corrected chi connectivity index (χ4v) is 6.44. The van der Waals surface area contributed by atoms with E-state index in [1.807, 2.05) is 6.92 Å². The highest BCUT2D eigenvalue weighted by Gasteiger charge is 2.42. The van der Waals surface area contributed by atoms with Gasteiger partial charge in [-0.3, -0.25) is 14.6 Å². The number of nitrogens with two attached hydrogens (primary N) is 1. The average Bonchev–Trinajstić information content (AvgIpc) is 3.55. The molecule has 1 aliphatic rings. The van der Waals surface area contributed by atoms with Crippen molar-refractivity contribution in [3.8, 4) is 0 Å². The molecule has 3 heterocycles. The molecule has 1 saturated heterocycles. The highest BCUT2D eigenvalue weighted by Crippen LogP contribution is 2.30. The number of aliphatic hydroxyl groups excluding tert-OH is 2. The third kappa shape index (κ3) is 9.12. The van der Waals surface area contributed by atoms with Crippen molar-refractivity contribution in [2.75, 3.05) is 16.6 Å². The molecule has 1 fully saturated rings. The average molecular weight is 745 g/mol. The summed E-state index contributed by atoms with van der Waals surface area (Å²) in [6.07, 6.45) is -0.691. The third-order valence-corrected chi connectivity index (χ3v) is 9.85. The molecular weight excluding hydrogens is 711 g/mol. The summed E-state index contributed by atoms with van der Waals surface area (Å²) < 4.78 is 74.8. The Kier molecular flexibility index (Phi) is 12.0. The normalized spacial score (nSPS) is 19.2. The van der Waals surface area contributed by atoms with Gasteiger partial charge >= 0.3 is 11.8 Å². The number of sulfonamides is 2. The van der Waals surface area contributed by atoms with Gasteiger partial charge < -0.3 is 24.7 Å². The van der Waals surface area contributed by atoms with E-state index in [9.17, 15) is 41.0 Å². The summed E-state index contributed by atoms with van der Waals surface area (Å²) >= 11 is 6.02. The van der Waals surface area contributed by atoms with Crippen molar-refractivity contribution in [1.29, 1.82) is 0 Å². The number of carbonyl (C=O) groups is 1. The monoisotopic (exact) mass is 744 g/mol. The summed E-state index contributed by atoms with van der Waals surface area (Å²) in [5, 5.41) is 27.8. The molecule has 4 aromatic rings. The molecule has 20 heteroatoms. The summed E-state index contributed by atoms with van der Waals surface area (Å²) in [7, 11) is -7.79. The standard InChI is InChI=1S/C15H22FN3O6.C14H12ClN3O4S2/c1-3-4-5-6-24-15(23)18-12-9(16)7-19(14(22)17-12)13-11(21)10(20)8(2)25-13;15-12-8-17-14-11(12)2-1-3-13(14)18-24(21,22)10-6-4-9(5-7-10)23(16,19)20/h7-8,10-11,13,20-21H,3-6H2,1-2H3,(H,17,18,22,23);1-8,17-18H,(H2,16,19,20)/t8-,10-,11-,13-;/m1./s1. The summed E-state index contributed by atoms with van der Waals surface area (Å²) in [4.78, 5) is 29.7. The minimum absolute atomic E-state index is 0.0930. The molecule has 2 aromatic heterocycles. The van der Waals surface area contributed by atoms with Crippen molar-refractivity contribution in [2.24, 2.45) is 5.14 Å². The SMILES string of the molecule is CCCCCOC(=O)Nc1nc(=O)n([C@@H]2O[C@H](C)[C@@H](O)[C@H]2O)cc1F.NS(=O)(=O)c1ccc(S(=O)(=O)Nc2cccc3c(Cl)c[nH]c23)cc1. The van der Waals surface area contributed by atoms with Crippen LogP contribution in [0.25, 0.3) is 10.9 Å². The van der Waals surface area contributed by atoms with E-state index >= 15 is 0 Å². The number of primary sulfonamides is 1. The van der Waals surface area contributed by atoms with Gasteiger partial charge in [-0.1, -0.05) is 43.5 Å². The Balaban J connectivity index is 0.000000221. The predicted octanol–water partition coefficient (Wildman–Crippen LogP) is 3.03. The Morgan fingerprint density at radius 3 is 2.41 bits per heavy atom. The number of halogens is 2. The van der Waals surface area contributed by atoms with E-state index in [0.717, 1.165) is 35.7 Å². The number of benzene rings is 2. The van der Waals surface area contributed by atoms with E-state index in [0.29, 0.717) is 28.0 Å². The van der Waals surface area contributed by atoms with Gasteiger partial charge in [0.25, 0.3) is 10.0 Å².